The van der Waals surface area contributed by atoms with Gasteiger partial charge in [0.2, 0.25) is 0 Å². The first-order valence-corrected chi connectivity index (χ1v) is 17.0. The molecule has 10 heteroatoms. The van der Waals surface area contributed by atoms with Gasteiger partial charge in [-0.1, -0.05) is 67.6 Å². The van der Waals surface area contributed by atoms with E-state index in [1.54, 1.807) is 46.8 Å². The second kappa shape index (κ2) is 12.1. The normalized spacial score (nSPS) is 19.0. The van der Waals surface area contributed by atoms with Gasteiger partial charge < -0.3 is 0 Å². The van der Waals surface area contributed by atoms with Gasteiger partial charge in [-0.25, -0.2) is 13.1 Å². The molecule has 2 amide bonds. The lowest BCUT2D eigenvalue weighted by Crippen LogP contribution is -2.49. The summed E-state index contributed by atoms with van der Waals surface area (Å²) in [7, 11) is -3.42. The van der Waals surface area contributed by atoms with E-state index in [-0.39, 0.29) is 34.6 Å². The molecular weight excluding hydrogens is 593 g/mol. The monoisotopic (exact) mass is 620 g/mol. The number of nitrogens with zero attached hydrogens (tertiary/aromatic N) is 4. The molecule has 0 spiro atoms. The van der Waals surface area contributed by atoms with E-state index in [1.165, 1.54) is 0 Å². The third-order valence-corrected chi connectivity index (χ3v) is 10.3. The zero-order valence-electron chi connectivity index (χ0n) is 23.9. The molecule has 0 N–H and O–H groups in total. The fourth-order valence-electron chi connectivity index (χ4n) is 5.61. The lowest BCUT2D eigenvalue weighted by molar-refractivity contribution is -0.142. The van der Waals surface area contributed by atoms with E-state index in [0.717, 1.165) is 26.8 Å². The van der Waals surface area contributed by atoms with Crippen LogP contribution in [-0.4, -0.2) is 58.2 Å². The molecule has 220 valence electrons. The number of thioether (sulfide) groups is 1. The van der Waals surface area contributed by atoms with Crippen LogP contribution in [0, 0.1) is 11.3 Å². The van der Waals surface area contributed by atoms with Crippen LogP contribution in [0.2, 0.25) is 0 Å². The number of carbonyl (C=O) groups is 2. The van der Waals surface area contributed by atoms with Crippen LogP contribution in [0.1, 0.15) is 24.5 Å². The largest absolute Gasteiger partial charge is 0.272 e. The van der Waals surface area contributed by atoms with Crippen molar-refractivity contribution >= 4 is 45.1 Å². The molecule has 0 bridgehead atoms. The SMILES string of the molecule is CCSc1ccc(-c2nn(-c3ccccc3)cc2/C=C2\C(=O)N(C3CCS(=O)(=O)C3)C(=O)C(C#N)=C2c2ccccc2)cc1. The first kappa shape index (κ1) is 29.4. The van der Waals surface area contributed by atoms with Crippen molar-refractivity contribution in [1.29, 1.82) is 5.26 Å². The highest BCUT2D eigenvalue weighted by atomic mass is 32.2. The van der Waals surface area contributed by atoms with Gasteiger partial charge in [-0.15, -0.1) is 11.8 Å². The second-order valence-electron chi connectivity index (χ2n) is 10.5. The van der Waals surface area contributed by atoms with Gasteiger partial charge in [0.25, 0.3) is 11.8 Å². The van der Waals surface area contributed by atoms with Crippen LogP contribution >= 0.6 is 11.8 Å². The molecule has 3 heterocycles. The molecule has 0 aliphatic carbocycles. The number of hydrogen-bond acceptors (Lipinski definition) is 7. The topological polar surface area (TPSA) is 113 Å². The summed E-state index contributed by atoms with van der Waals surface area (Å²) in [4.78, 5) is 30.1. The van der Waals surface area contributed by atoms with Gasteiger partial charge in [0, 0.05) is 27.8 Å². The van der Waals surface area contributed by atoms with Crippen LogP contribution in [0.5, 0.6) is 0 Å². The number of para-hydroxylation sites is 1. The summed E-state index contributed by atoms with van der Waals surface area (Å²) >= 11 is 1.73. The van der Waals surface area contributed by atoms with Crippen molar-refractivity contribution in [3.05, 3.63) is 113 Å². The van der Waals surface area contributed by atoms with Gasteiger partial charge >= 0.3 is 0 Å². The number of amides is 2. The van der Waals surface area contributed by atoms with E-state index in [9.17, 15) is 23.3 Å². The second-order valence-corrected chi connectivity index (χ2v) is 14.1. The van der Waals surface area contributed by atoms with Crippen LogP contribution in [0.15, 0.2) is 107 Å². The number of hydrogen-bond donors (Lipinski definition) is 0. The van der Waals surface area contributed by atoms with E-state index in [4.69, 9.17) is 5.10 Å². The Hall–Kier alpha value is -4.72. The molecule has 8 nitrogen and oxygen atoms in total. The molecule has 6 rings (SSSR count). The van der Waals surface area contributed by atoms with Crippen molar-refractivity contribution in [2.24, 2.45) is 0 Å². The highest BCUT2D eigenvalue weighted by molar-refractivity contribution is 7.99. The summed E-state index contributed by atoms with van der Waals surface area (Å²) in [5.74, 6) is -0.918. The van der Waals surface area contributed by atoms with Gasteiger partial charge in [0.1, 0.15) is 11.6 Å². The maximum absolute atomic E-state index is 14.3. The standard InChI is InChI=1S/C34H28N4O4S2/c1-2-43-28-15-13-24(14-16-28)32-25(21-37(36-32)26-11-7-4-8-12-26)19-29-31(23-9-5-3-6-10-23)30(20-35)34(40)38(33(29)39)27-17-18-44(41,42)22-27/h3-16,19,21,27H,2,17-18,22H2,1H3/b29-19-. The van der Waals surface area contributed by atoms with Crippen molar-refractivity contribution in [1.82, 2.24) is 14.7 Å². The van der Waals surface area contributed by atoms with Crippen LogP contribution < -0.4 is 0 Å². The fourth-order valence-corrected chi connectivity index (χ4v) is 7.97. The number of benzene rings is 3. The van der Waals surface area contributed by atoms with E-state index in [2.05, 4.69) is 6.92 Å². The average molecular weight is 621 g/mol. The number of nitriles is 1. The molecule has 1 atom stereocenters. The summed E-state index contributed by atoms with van der Waals surface area (Å²) in [6.45, 7) is 2.09. The Morgan fingerprint density at radius 3 is 2.25 bits per heavy atom. The zero-order chi connectivity index (χ0) is 30.8. The summed E-state index contributed by atoms with van der Waals surface area (Å²) in [6, 6.07) is 27.6. The summed E-state index contributed by atoms with van der Waals surface area (Å²) in [5.41, 5.74) is 3.54. The van der Waals surface area contributed by atoms with Crippen LogP contribution in [0.25, 0.3) is 28.6 Å². The first-order chi connectivity index (χ1) is 21.3. The highest BCUT2D eigenvalue weighted by Crippen LogP contribution is 2.38. The van der Waals surface area contributed by atoms with Gasteiger partial charge in [0.05, 0.1) is 34.5 Å². The maximum Gasteiger partial charge on any atom is 0.272 e. The van der Waals surface area contributed by atoms with Crippen LogP contribution in [0.3, 0.4) is 0 Å². The Morgan fingerprint density at radius 1 is 0.955 bits per heavy atom. The highest BCUT2D eigenvalue weighted by Gasteiger charge is 2.45. The quantitative estimate of drug-likeness (QED) is 0.151. The van der Waals surface area contributed by atoms with E-state index < -0.39 is 27.7 Å². The van der Waals surface area contributed by atoms with Crippen LogP contribution in [-0.2, 0) is 19.4 Å². The fraction of sp³-hybridized carbons (Fsp3) is 0.176. The smallest absolute Gasteiger partial charge is 0.270 e. The van der Waals surface area contributed by atoms with E-state index >= 15 is 0 Å². The third-order valence-electron chi connectivity index (χ3n) is 7.65. The molecule has 4 aromatic rings. The van der Waals surface area contributed by atoms with E-state index in [1.807, 2.05) is 72.9 Å². The number of aromatic nitrogens is 2. The van der Waals surface area contributed by atoms with Crippen molar-refractivity contribution in [3.63, 3.8) is 0 Å². The molecule has 1 fully saturated rings. The predicted octanol–water partition coefficient (Wildman–Crippen LogP) is 5.57. The first-order valence-electron chi connectivity index (χ1n) is 14.2. The van der Waals surface area contributed by atoms with Crippen molar-refractivity contribution in [3.8, 4) is 23.0 Å². The Morgan fingerprint density at radius 2 is 1.64 bits per heavy atom. The molecule has 1 aromatic heterocycles. The maximum atomic E-state index is 14.3. The number of carbonyl (C=O) groups excluding carboxylic acids is 2. The molecule has 0 saturated carbocycles. The Labute approximate surface area is 260 Å². The molecule has 1 saturated heterocycles. The molecule has 2 aliphatic heterocycles. The third kappa shape index (κ3) is 5.64. The van der Waals surface area contributed by atoms with Gasteiger partial charge in [-0.2, -0.15) is 10.4 Å². The minimum absolute atomic E-state index is 0.120. The predicted molar refractivity (Wildman–Crippen MR) is 171 cm³/mol. The summed E-state index contributed by atoms with van der Waals surface area (Å²) in [6.07, 6.45) is 3.61. The Kier molecular flexibility index (Phi) is 8.08. The zero-order valence-corrected chi connectivity index (χ0v) is 25.5. The Balaban J connectivity index is 1.57. The van der Waals surface area contributed by atoms with Gasteiger partial charge in [0.15, 0.2) is 9.84 Å². The summed E-state index contributed by atoms with van der Waals surface area (Å²) < 4.78 is 26.4. The van der Waals surface area contributed by atoms with Gasteiger partial charge in [-0.05, 0) is 48.1 Å². The molecule has 0 radical (unpaired) electrons. The number of imide groups is 1. The number of sulfone groups is 1. The van der Waals surface area contributed by atoms with Crippen molar-refractivity contribution in [2.45, 2.75) is 24.3 Å². The summed E-state index contributed by atoms with van der Waals surface area (Å²) in [5, 5.41) is 15.1. The lowest BCUT2D eigenvalue weighted by Gasteiger charge is -2.32. The molecule has 1 unspecified atom stereocenters. The van der Waals surface area contributed by atoms with Crippen LogP contribution in [0.4, 0.5) is 0 Å². The minimum Gasteiger partial charge on any atom is -0.270 e. The average Bonchev–Trinajstić information content (AvgIpc) is 3.62. The van der Waals surface area contributed by atoms with Crippen molar-refractivity contribution < 1.29 is 18.0 Å². The Bertz CT molecular complexity index is 1960. The number of rotatable bonds is 7. The molecule has 44 heavy (non-hydrogen) atoms. The van der Waals surface area contributed by atoms with E-state index in [0.29, 0.717) is 16.8 Å². The molecule has 2 aliphatic rings. The minimum atomic E-state index is -3.42. The molecular formula is C34H28N4O4S2. The van der Waals surface area contributed by atoms with Crippen molar-refractivity contribution in [2.75, 3.05) is 17.3 Å². The lowest BCUT2D eigenvalue weighted by atomic mass is 9.86. The molecule has 3 aromatic carbocycles. The van der Waals surface area contributed by atoms with Gasteiger partial charge in [-0.3, -0.25) is 14.5 Å².